The van der Waals surface area contributed by atoms with Crippen LogP contribution in [0, 0.1) is 5.92 Å². The number of rotatable bonds is 5. The van der Waals surface area contributed by atoms with E-state index in [0.717, 1.165) is 16.5 Å². The van der Waals surface area contributed by atoms with Gasteiger partial charge in [0, 0.05) is 24.5 Å². The number of hydrogen-bond acceptors (Lipinski definition) is 2. The molecule has 0 saturated heterocycles. The highest BCUT2D eigenvalue weighted by atomic mass is 19.4. The van der Waals surface area contributed by atoms with Crippen molar-refractivity contribution in [3.8, 4) is 0 Å². The summed E-state index contributed by atoms with van der Waals surface area (Å²) in [7, 11) is 1.34. The lowest BCUT2D eigenvalue weighted by molar-refractivity contribution is -0.141. The first-order chi connectivity index (χ1) is 11.6. The van der Waals surface area contributed by atoms with Crippen LogP contribution in [0.5, 0.6) is 0 Å². The summed E-state index contributed by atoms with van der Waals surface area (Å²) in [5.41, 5.74) is 0.232. The van der Waals surface area contributed by atoms with E-state index in [0.29, 0.717) is 23.6 Å². The van der Waals surface area contributed by atoms with Crippen LogP contribution in [-0.2, 0) is 13.2 Å². The van der Waals surface area contributed by atoms with Crippen LogP contribution < -0.4 is 5.32 Å². The minimum Gasteiger partial charge on any atom is -0.321 e. The van der Waals surface area contributed by atoms with E-state index in [4.69, 9.17) is 0 Å². The van der Waals surface area contributed by atoms with E-state index in [9.17, 15) is 18.0 Å². The van der Waals surface area contributed by atoms with Crippen LogP contribution in [0.25, 0.3) is 5.57 Å². The first-order valence-corrected chi connectivity index (χ1v) is 7.79. The van der Waals surface area contributed by atoms with Gasteiger partial charge in [-0.05, 0) is 24.0 Å². The monoisotopic (exact) mass is 351 g/mol. The summed E-state index contributed by atoms with van der Waals surface area (Å²) in [5, 5.41) is 5.91. The topological polar surface area (TPSA) is 46.9 Å². The van der Waals surface area contributed by atoms with Crippen molar-refractivity contribution in [3.63, 3.8) is 0 Å². The molecule has 7 heteroatoms. The van der Waals surface area contributed by atoms with Gasteiger partial charge in [-0.2, -0.15) is 18.3 Å². The van der Waals surface area contributed by atoms with Crippen molar-refractivity contribution in [3.05, 3.63) is 53.9 Å². The fourth-order valence-electron chi connectivity index (χ4n) is 2.56. The molecule has 1 heterocycles. The molecule has 0 aliphatic rings. The van der Waals surface area contributed by atoms with Crippen molar-refractivity contribution >= 4 is 17.2 Å². The number of carbonyl (C=O) groups excluding carboxylic acids is 1. The minimum atomic E-state index is -4.70. The van der Waals surface area contributed by atoms with E-state index in [1.54, 1.807) is 24.3 Å². The molecule has 1 aromatic carbocycles. The van der Waals surface area contributed by atoms with E-state index in [-0.39, 0.29) is 0 Å². The average Bonchev–Trinajstić information content (AvgIpc) is 2.89. The third-order valence-corrected chi connectivity index (χ3v) is 3.55. The second-order valence-corrected chi connectivity index (χ2v) is 6.26. The number of halogens is 3. The zero-order valence-corrected chi connectivity index (χ0v) is 14.3. The van der Waals surface area contributed by atoms with Crippen molar-refractivity contribution < 1.29 is 18.0 Å². The van der Waals surface area contributed by atoms with Crippen molar-refractivity contribution in [2.75, 3.05) is 5.32 Å². The highest BCUT2D eigenvalue weighted by molar-refractivity contribution is 6.06. The average molecular weight is 351 g/mol. The van der Waals surface area contributed by atoms with Gasteiger partial charge in [0.05, 0.1) is 5.56 Å². The first-order valence-electron chi connectivity index (χ1n) is 7.79. The Kier molecular flexibility index (Phi) is 5.35. The number of nitrogens with one attached hydrogen (secondary N) is 1. The second-order valence-electron chi connectivity index (χ2n) is 6.26. The number of benzene rings is 1. The Morgan fingerprint density at radius 1 is 1.28 bits per heavy atom. The number of aryl methyl sites for hydroxylation is 1. The highest BCUT2D eigenvalue weighted by Crippen LogP contribution is 2.32. The van der Waals surface area contributed by atoms with Gasteiger partial charge in [-0.3, -0.25) is 9.48 Å². The molecule has 4 nitrogen and oxygen atoms in total. The molecule has 25 heavy (non-hydrogen) atoms. The maximum Gasteiger partial charge on any atom is 0.435 e. The Morgan fingerprint density at radius 2 is 1.92 bits per heavy atom. The van der Waals surface area contributed by atoms with Crippen LogP contribution in [-0.4, -0.2) is 15.7 Å². The van der Waals surface area contributed by atoms with Gasteiger partial charge in [-0.15, -0.1) is 0 Å². The molecule has 1 aromatic heterocycles. The predicted octanol–water partition coefficient (Wildman–Crippen LogP) is 4.75. The molecule has 0 unspecified atom stereocenters. The Labute approximate surface area is 144 Å². The van der Waals surface area contributed by atoms with E-state index >= 15 is 0 Å². The molecule has 2 rings (SSSR count). The Balaban J connectivity index is 2.33. The quantitative estimate of drug-likeness (QED) is 0.845. The smallest absolute Gasteiger partial charge is 0.321 e. The predicted molar refractivity (Wildman–Crippen MR) is 91.1 cm³/mol. The first kappa shape index (κ1) is 18.8. The number of allylic oxidation sites excluding steroid dienone is 1. The maximum atomic E-state index is 13.0. The van der Waals surface area contributed by atoms with Gasteiger partial charge >= 0.3 is 6.18 Å². The van der Waals surface area contributed by atoms with Crippen LogP contribution in [0.3, 0.4) is 0 Å². The van der Waals surface area contributed by atoms with E-state index in [1.807, 2.05) is 13.8 Å². The molecule has 134 valence electrons. The molecule has 0 radical (unpaired) electrons. The molecule has 0 bridgehead atoms. The summed E-state index contributed by atoms with van der Waals surface area (Å²) < 4.78 is 40.1. The highest BCUT2D eigenvalue weighted by Gasteiger charge is 2.39. The number of anilines is 1. The van der Waals surface area contributed by atoms with Gasteiger partial charge in [-0.25, -0.2) is 0 Å². The zero-order chi connectivity index (χ0) is 18.8. The molecular weight excluding hydrogens is 331 g/mol. The molecular formula is C18H20F3N3O. The third kappa shape index (κ3) is 4.49. The lowest BCUT2D eigenvalue weighted by atomic mass is 9.96. The van der Waals surface area contributed by atoms with Gasteiger partial charge in [0.1, 0.15) is 0 Å². The van der Waals surface area contributed by atoms with Gasteiger partial charge < -0.3 is 5.32 Å². The van der Waals surface area contributed by atoms with Gasteiger partial charge in [0.25, 0.3) is 5.91 Å². The SMILES string of the molecule is C=C(CC(C)C)c1ccccc1NC(=O)c1cn(C)nc1C(F)(F)F. The summed E-state index contributed by atoms with van der Waals surface area (Å²) in [4.78, 5) is 12.4. The van der Waals surface area contributed by atoms with Gasteiger partial charge in [0.15, 0.2) is 5.69 Å². The van der Waals surface area contributed by atoms with Crippen molar-refractivity contribution in [1.29, 1.82) is 0 Å². The summed E-state index contributed by atoms with van der Waals surface area (Å²) in [6, 6.07) is 6.92. The Bertz CT molecular complexity index is 791. The summed E-state index contributed by atoms with van der Waals surface area (Å²) >= 11 is 0. The lowest BCUT2D eigenvalue weighted by Crippen LogP contribution is -2.18. The summed E-state index contributed by atoms with van der Waals surface area (Å²) in [6.45, 7) is 8.10. The van der Waals surface area contributed by atoms with Crippen molar-refractivity contribution in [1.82, 2.24) is 9.78 Å². The Hall–Kier alpha value is -2.57. The number of hydrogen-bond donors (Lipinski definition) is 1. The van der Waals surface area contributed by atoms with Crippen molar-refractivity contribution in [2.45, 2.75) is 26.4 Å². The second kappa shape index (κ2) is 7.13. The number of alkyl halides is 3. The summed E-state index contributed by atoms with van der Waals surface area (Å²) in [6.07, 6.45) is -2.92. The molecule has 0 atom stereocenters. The normalized spacial score (nSPS) is 11.6. The molecule has 0 spiro atoms. The van der Waals surface area contributed by atoms with Crippen LogP contribution in [0.15, 0.2) is 37.0 Å². The number of carbonyl (C=O) groups is 1. The van der Waals surface area contributed by atoms with E-state index < -0.39 is 23.3 Å². The lowest BCUT2D eigenvalue weighted by Gasteiger charge is -2.15. The summed E-state index contributed by atoms with van der Waals surface area (Å²) in [5.74, 6) is -0.489. The molecule has 0 aliphatic carbocycles. The van der Waals surface area contributed by atoms with E-state index in [2.05, 4.69) is 17.0 Å². The molecule has 0 fully saturated rings. The number of para-hydroxylation sites is 1. The van der Waals surface area contributed by atoms with E-state index in [1.165, 1.54) is 7.05 Å². The van der Waals surface area contributed by atoms with Gasteiger partial charge in [0.2, 0.25) is 0 Å². The van der Waals surface area contributed by atoms with Gasteiger partial charge in [-0.1, -0.05) is 38.6 Å². The minimum absolute atomic E-state index is 0.367. The molecule has 1 amide bonds. The Morgan fingerprint density at radius 3 is 2.52 bits per heavy atom. The van der Waals surface area contributed by atoms with Crippen LogP contribution in [0.2, 0.25) is 0 Å². The number of nitrogens with zero attached hydrogens (tertiary/aromatic N) is 2. The maximum absolute atomic E-state index is 13.0. The molecule has 2 aromatic rings. The van der Waals surface area contributed by atoms with Crippen LogP contribution in [0.1, 0.15) is 41.9 Å². The van der Waals surface area contributed by atoms with Crippen LogP contribution in [0.4, 0.5) is 18.9 Å². The molecule has 0 saturated carbocycles. The largest absolute Gasteiger partial charge is 0.435 e. The molecule has 1 N–H and O–H groups in total. The fraction of sp³-hybridized carbons (Fsp3) is 0.333. The standard InChI is InChI=1S/C18H20F3N3O/c1-11(2)9-12(3)13-7-5-6-8-15(13)22-17(25)14-10-24(4)23-16(14)18(19,20)21/h5-8,10-11H,3,9H2,1-2,4H3,(H,22,25). The van der Waals surface area contributed by atoms with Crippen molar-refractivity contribution in [2.24, 2.45) is 13.0 Å². The number of aromatic nitrogens is 2. The molecule has 0 aliphatic heterocycles. The fourth-order valence-corrected chi connectivity index (χ4v) is 2.56. The zero-order valence-electron chi connectivity index (χ0n) is 14.3. The number of amides is 1. The van der Waals surface area contributed by atoms with Crippen LogP contribution >= 0.6 is 0 Å². The third-order valence-electron chi connectivity index (χ3n) is 3.55.